The molecule has 0 aliphatic heterocycles. The van der Waals surface area contributed by atoms with Crippen LogP contribution in [0.3, 0.4) is 0 Å². The molecule has 0 saturated heterocycles. The molecule has 2 amide bonds. The van der Waals surface area contributed by atoms with Crippen molar-refractivity contribution in [3.05, 3.63) is 108 Å². The zero-order valence-corrected chi connectivity index (χ0v) is 15.6. The maximum absolute atomic E-state index is 12.9. The van der Waals surface area contributed by atoms with Gasteiger partial charge in [-0.05, 0) is 48.4 Å². The van der Waals surface area contributed by atoms with Crippen molar-refractivity contribution >= 4 is 11.8 Å². The van der Waals surface area contributed by atoms with Crippen LogP contribution in [0.25, 0.3) is 0 Å². The fourth-order valence-electron chi connectivity index (χ4n) is 3.27. The summed E-state index contributed by atoms with van der Waals surface area (Å²) in [5.74, 6) is -0.168. The van der Waals surface area contributed by atoms with Gasteiger partial charge >= 0.3 is 0 Å². The third kappa shape index (κ3) is 4.06. The molecule has 0 bridgehead atoms. The summed E-state index contributed by atoms with van der Waals surface area (Å²) >= 11 is 0. The van der Waals surface area contributed by atoms with Crippen molar-refractivity contribution in [2.45, 2.75) is 12.3 Å². The van der Waals surface area contributed by atoms with Gasteiger partial charge in [0.15, 0.2) is 11.5 Å². The van der Waals surface area contributed by atoms with Crippen LogP contribution in [0.2, 0.25) is 0 Å². The van der Waals surface area contributed by atoms with E-state index in [4.69, 9.17) is 13.3 Å². The van der Waals surface area contributed by atoms with Crippen LogP contribution in [-0.4, -0.2) is 23.3 Å². The van der Waals surface area contributed by atoms with Gasteiger partial charge in [-0.25, -0.2) is 0 Å². The van der Waals surface area contributed by atoms with E-state index in [0.29, 0.717) is 6.42 Å². The topological polar surface area (TPSA) is 76.8 Å². The van der Waals surface area contributed by atoms with Crippen LogP contribution in [-0.2, 0) is 0 Å². The van der Waals surface area contributed by atoms with Crippen LogP contribution in [0.15, 0.2) is 98.8 Å². The van der Waals surface area contributed by atoms with Crippen LogP contribution in [0.5, 0.6) is 0 Å². The largest absolute Gasteiger partial charge is 0.469 e. The summed E-state index contributed by atoms with van der Waals surface area (Å²) in [7, 11) is 0. The highest BCUT2D eigenvalue weighted by atomic mass is 16.3. The van der Waals surface area contributed by atoms with E-state index in [2.05, 4.69) is 0 Å². The molecule has 146 valence electrons. The highest BCUT2D eigenvalue weighted by molar-refractivity contribution is 6.08. The SMILES string of the molecule is O=C(c1ccco1)N(CCC(c1ccccc1)c1ccco1)C(=O)c1ccco1. The molecule has 4 aromatic rings. The molecule has 3 heterocycles. The molecule has 0 radical (unpaired) electrons. The van der Waals surface area contributed by atoms with Gasteiger partial charge in [-0.15, -0.1) is 0 Å². The molecule has 0 saturated carbocycles. The molecule has 0 aliphatic carbocycles. The number of hydrogen-bond donors (Lipinski definition) is 0. The first-order chi connectivity index (χ1) is 14.2. The second-order valence-corrected chi connectivity index (χ2v) is 6.48. The van der Waals surface area contributed by atoms with E-state index in [1.165, 1.54) is 24.7 Å². The molecule has 0 N–H and O–H groups in total. The van der Waals surface area contributed by atoms with Crippen molar-refractivity contribution in [3.8, 4) is 0 Å². The number of carbonyl (C=O) groups is 2. The smallest absolute Gasteiger partial charge is 0.296 e. The Morgan fingerprint density at radius 1 is 0.724 bits per heavy atom. The first kappa shape index (κ1) is 18.6. The Bertz CT molecular complexity index is 988. The number of benzene rings is 1. The lowest BCUT2D eigenvalue weighted by Crippen LogP contribution is -2.38. The Labute approximate surface area is 167 Å². The predicted molar refractivity (Wildman–Crippen MR) is 104 cm³/mol. The standard InChI is InChI=1S/C23H19NO5/c25-22(20-10-5-15-28-20)24(23(26)21-11-6-16-29-21)13-12-18(19-9-4-14-27-19)17-7-2-1-3-8-17/h1-11,14-16,18H,12-13H2. The summed E-state index contributed by atoms with van der Waals surface area (Å²) in [6.07, 6.45) is 4.90. The highest BCUT2D eigenvalue weighted by Crippen LogP contribution is 2.29. The minimum absolute atomic E-state index is 0.0964. The second kappa shape index (κ2) is 8.48. The molecule has 6 heteroatoms. The molecule has 0 spiro atoms. The number of hydrogen-bond acceptors (Lipinski definition) is 5. The maximum Gasteiger partial charge on any atom is 0.296 e. The first-order valence-electron chi connectivity index (χ1n) is 9.25. The third-order valence-corrected chi connectivity index (χ3v) is 4.68. The Kier molecular flexibility index (Phi) is 5.42. The van der Waals surface area contributed by atoms with Crippen LogP contribution in [0, 0.1) is 0 Å². The van der Waals surface area contributed by atoms with Crippen molar-refractivity contribution in [1.82, 2.24) is 4.90 Å². The minimum Gasteiger partial charge on any atom is -0.469 e. The summed E-state index contributed by atoms with van der Waals surface area (Å²) in [6.45, 7) is 0.166. The van der Waals surface area contributed by atoms with E-state index in [0.717, 1.165) is 16.2 Å². The summed E-state index contributed by atoms with van der Waals surface area (Å²) in [6, 6.07) is 19.8. The van der Waals surface area contributed by atoms with E-state index in [9.17, 15) is 9.59 Å². The number of furan rings is 3. The normalized spacial score (nSPS) is 11.9. The monoisotopic (exact) mass is 389 g/mol. The van der Waals surface area contributed by atoms with E-state index >= 15 is 0 Å². The molecular weight excluding hydrogens is 370 g/mol. The van der Waals surface area contributed by atoms with Gasteiger partial charge in [0.1, 0.15) is 5.76 Å². The third-order valence-electron chi connectivity index (χ3n) is 4.68. The zero-order valence-electron chi connectivity index (χ0n) is 15.6. The first-order valence-corrected chi connectivity index (χ1v) is 9.25. The molecule has 3 aromatic heterocycles. The van der Waals surface area contributed by atoms with Gasteiger partial charge in [0.25, 0.3) is 11.8 Å². The summed E-state index contributed by atoms with van der Waals surface area (Å²) in [5, 5.41) is 0. The average Bonchev–Trinajstić information content (AvgIpc) is 3.53. The molecule has 4 rings (SSSR count). The Hall–Kier alpha value is -3.80. The van der Waals surface area contributed by atoms with Gasteiger partial charge in [-0.2, -0.15) is 0 Å². The molecule has 29 heavy (non-hydrogen) atoms. The number of carbonyl (C=O) groups excluding carboxylic acids is 2. The lowest BCUT2D eigenvalue weighted by Gasteiger charge is -2.22. The zero-order chi connectivity index (χ0) is 20.1. The second-order valence-electron chi connectivity index (χ2n) is 6.48. The lowest BCUT2D eigenvalue weighted by molar-refractivity contribution is 0.0573. The Balaban J connectivity index is 1.61. The van der Waals surface area contributed by atoms with Gasteiger partial charge in [-0.1, -0.05) is 30.3 Å². The van der Waals surface area contributed by atoms with E-state index in [1.54, 1.807) is 18.4 Å². The van der Waals surface area contributed by atoms with E-state index in [-0.39, 0.29) is 24.0 Å². The van der Waals surface area contributed by atoms with Gasteiger partial charge in [-0.3, -0.25) is 14.5 Å². The maximum atomic E-state index is 12.9. The van der Waals surface area contributed by atoms with Crippen molar-refractivity contribution in [3.63, 3.8) is 0 Å². The van der Waals surface area contributed by atoms with E-state index < -0.39 is 11.8 Å². The van der Waals surface area contributed by atoms with Gasteiger partial charge in [0.2, 0.25) is 0 Å². The average molecular weight is 389 g/mol. The van der Waals surface area contributed by atoms with Crippen LogP contribution >= 0.6 is 0 Å². The van der Waals surface area contributed by atoms with Crippen LogP contribution in [0.4, 0.5) is 0 Å². The summed E-state index contributed by atoms with van der Waals surface area (Å²) < 4.78 is 16.1. The van der Waals surface area contributed by atoms with Gasteiger partial charge in [0.05, 0.1) is 18.8 Å². The molecule has 1 unspecified atom stereocenters. The highest BCUT2D eigenvalue weighted by Gasteiger charge is 2.29. The lowest BCUT2D eigenvalue weighted by atomic mass is 9.93. The van der Waals surface area contributed by atoms with E-state index in [1.807, 2.05) is 42.5 Å². The Morgan fingerprint density at radius 3 is 1.83 bits per heavy atom. The van der Waals surface area contributed by atoms with Crippen molar-refractivity contribution in [1.29, 1.82) is 0 Å². The van der Waals surface area contributed by atoms with Crippen molar-refractivity contribution < 1.29 is 22.8 Å². The predicted octanol–water partition coefficient (Wildman–Crippen LogP) is 4.97. The molecule has 1 atom stereocenters. The molecular formula is C23H19NO5. The van der Waals surface area contributed by atoms with Gasteiger partial charge < -0.3 is 13.3 Å². The molecule has 6 nitrogen and oxygen atoms in total. The minimum atomic E-state index is -0.511. The summed E-state index contributed by atoms with van der Waals surface area (Å²) in [5.41, 5.74) is 1.04. The summed E-state index contributed by atoms with van der Waals surface area (Å²) in [4.78, 5) is 27.0. The van der Waals surface area contributed by atoms with Crippen molar-refractivity contribution in [2.24, 2.45) is 0 Å². The molecule has 1 aromatic carbocycles. The quantitative estimate of drug-likeness (QED) is 0.417. The number of nitrogens with zero attached hydrogens (tertiary/aromatic N) is 1. The molecule has 0 aliphatic rings. The number of imide groups is 1. The molecule has 0 fully saturated rings. The van der Waals surface area contributed by atoms with Crippen LogP contribution < -0.4 is 0 Å². The van der Waals surface area contributed by atoms with Gasteiger partial charge in [0, 0.05) is 12.5 Å². The number of amides is 2. The fraction of sp³-hybridized carbons (Fsp3) is 0.130. The Morgan fingerprint density at radius 2 is 1.31 bits per heavy atom. The van der Waals surface area contributed by atoms with Crippen LogP contribution in [0.1, 0.15) is 44.8 Å². The number of rotatable bonds is 7. The van der Waals surface area contributed by atoms with Crippen molar-refractivity contribution in [2.75, 3.05) is 6.54 Å². The fourth-order valence-corrected chi connectivity index (χ4v) is 3.27.